The Balaban J connectivity index is 0.000000437. The third-order valence-electron chi connectivity index (χ3n) is 1.66. The number of carboxylic acids is 2. The maximum Gasteiger partial charge on any atom is 0.336 e. The number of rotatable bonds is 3. The van der Waals surface area contributed by atoms with E-state index in [0.29, 0.717) is 0 Å². The van der Waals surface area contributed by atoms with Crippen LogP contribution in [0.5, 0.6) is 0 Å². The molecule has 5 nitrogen and oxygen atoms in total. The van der Waals surface area contributed by atoms with Gasteiger partial charge >= 0.3 is 11.9 Å². The van der Waals surface area contributed by atoms with Crippen LogP contribution in [0.3, 0.4) is 0 Å². The molecule has 0 amide bonds. The van der Waals surface area contributed by atoms with E-state index >= 15 is 0 Å². The van der Waals surface area contributed by atoms with E-state index in [1.165, 1.54) is 24.3 Å². The van der Waals surface area contributed by atoms with Crippen LogP contribution in [0.15, 0.2) is 24.3 Å². The second kappa shape index (κ2) is 7.16. The van der Waals surface area contributed by atoms with E-state index < -0.39 is 11.9 Å². The molecule has 0 saturated carbocycles. The van der Waals surface area contributed by atoms with Crippen molar-refractivity contribution in [3.05, 3.63) is 35.4 Å². The Kier molecular flexibility index (Phi) is 6.25. The zero-order valence-electron chi connectivity index (χ0n) is 9.58. The fraction of sp³-hybridized carbons (Fsp3) is 0.250. The topological polar surface area (TPSA) is 91.7 Å². The molecule has 0 heterocycles. The first-order chi connectivity index (χ1) is 7.90. The Hall–Kier alpha value is -2.17. The molecule has 0 atom stereocenters. The van der Waals surface area contributed by atoms with Crippen LogP contribution < -0.4 is 0 Å². The van der Waals surface area contributed by atoms with Gasteiger partial charge < -0.3 is 15.0 Å². The van der Waals surface area contributed by atoms with Crippen molar-refractivity contribution in [3.63, 3.8) is 0 Å². The molecule has 17 heavy (non-hydrogen) atoms. The molecule has 0 saturated heterocycles. The zero-order chi connectivity index (χ0) is 13.4. The maximum absolute atomic E-state index is 10.5. The normalized spacial score (nSPS) is 9.12. The monoisotopic (exact) mass is 238 g/mol. The number of aromatic carboxylic acids is 2. The summed E-state index contributed by atoms with van der Waals surface area (Å²) in [7, 11) is 0. The number of hydrogen-bond acceptors (Lipinski definition) is 3. The molecule has 2 N–H and O–H groups in total. The molecule has 0 spiro atoms. The lowest BCUT2D eigenvalue weighted by Gasteiger charge is -1.98. The van der Waals surface area contributed by atoms with Gasteiger partial charge in [-0.15, -0.1) is 0 Å². The fourth-order valence-corrected chi connectivity index (χ4v) is 0.856. The molecular formula is C12H14O5. The molecular weight excluding hydrogens is 224 g/mol. The minimum Gasteiger partial charge on any atom is -0.478 e. The van der Waals surface area contributed by atoms with E-state index in [-0.39, 0.29) is 17.0 Å². The number of benzene rings is 1. The second-order valence-electron chi connectivity index (χ2n) is 3.54. The minimum atomic E-state index is -1.23. The van der Waals surface area contributed by atoms with Crippen molar-refractivity contribution in [1.82, 2.24) is 0 Å². The molecule has 0 fully saturated rings. The highest BCUT2D eigenvalue weighted by molar-refractivity contribution is 6.01. The molecule has 0 radical (unpaired) electrons. The van der Waals surface area contributed by atoms with Crippen LogP contribution in [0.25, 0.3) is 0 Å². The molecule has 1 aromatic carbocycles. The largest absolute Gasteiger partial charge is 0.478 e. The smallest absolute Gasteiger partial charge is 0.336 e. The molecule has 0 aliphatic heterocycles. The van der Waals surface area contributed by atoms with Crippen LogP contribution in [0, 0.1) is 5.92 Å². The van der Waals surface area contributed by atoms with Crippen LogP contribution in [0.2, 0.25) is 0 Å². The van der Waals surface area contributed by atoms with Crippen LogP contribution in [0.1, 0.15) is 34.6 Å². The fourth-order valence-electron chi connectivity index (χ4n) is 0.856. The average Bonchev–Trinajstić information content (AvgIpc) is 2.29. The Morgan fingerprint density at radius 2 is 1.35 bits per heavy atom. The molecule has 1 aromatic rings. The van der Waals surface area contributed by atoms with Crippen molar-refractivity contribution in [2.24, 2.45) is 5.92 Å². The first kappa shape index (κ1) is 14.8. The quantitative estimate of drug-likeness (QED) is 0.785. The average molecular weight is 238 g/mol. The van der Waals surface area contributed by atoms with Crippen LogP contribution >= 0.6 is 0 Å². The molecule has 1 rings (SSSR count). The second-order valence-corrected chi connectivity index (χ2v) is 3.54. The van der Waals surface area contributed by atoms with Gasteiger partial charge in [-0.2, -0.15) is 0 Å². The van der Waals surface area contributed by atoms with E-state index in [1.807, 2.05) is 13.8 Å². The van der Waals surface area contributed by atoms with Gasteiger partial charge in [0.2, 0.25) is 0 Å². The van der Waals surface area contributed by atoms with Gasteiger partial charge in [-0.1, -0.05) is 26.0 Å². The summed E-state index contributed by atoms with van der Waals surface area (Å²) in [6.07, 6.45) is 0.917. The van der Waals surface area contributed by atoms with Crippen molar-refractivity contribution in [2.45, 2.75) is 13.8 Å². The van der Waals surface area contributed by atoms with Gasteiger partial charge in [0, 0.05) is 5.92 Å². The summed E-state index contributed by atoms with van der Waals surface area (Å²) in [4.78, 5) is 30.4. The van der Waals surface area contributed by atoms with Crippen LogP contribution in [-0.4, -0.2) is 28.4 Å². The molecule has 0 bridgehead atoms. The summed E-state index contributed by atoms with van der Waals surface area (Å²) in [6, 6.07) is 5.48. The molecule has 0 aliphatic carbocycles. The summed E-state index contributed by atoms with van der Waals surface area (Å²) in [5, 5.41) is 17.1. The minimum absolute atomic E-state index is 0.190. The van der Waals surface area contributed by atoms with Crippen LogP contribution in [-0.2, 0) is 4.79 Å². The highest BCUT2D eigenvalue weighted by Crippen LogP contribution is 2.07. The molecule has 0 aliphatic rings. The lowest BCUT2D eigenvalue weighted by atomic mass is 10.1. The third-order valence-corrected chi connectivity index (χ3v) is 1.66. The summed E-state index contributed by atoms with van der Waals surface area (Å²) < 4.78 is 0. The number of hydrogen-bond donors (Lipinski definition) is 2. The van der Waals surface area contributed by atoms with E-state index in [2.05, 4.69) is 0 Å². The molecule has 0 unspecified atom stereocenters. The van der Waals surface area contributed by atoms with Gasteiger partial charge in [0.25, 0.3) is 0 Å². The van der Waals surface area contributed by atoms with Crippen molar-refractivity contribution in [1.29, 1.82) is 0 Å². The zero-order valence-corrected chi connectivity index (χ0v) is 9.58. The predicted octanol–water partition coefficient (Wildman–Crippen LogP) is 1.92. The molecule has 5 heteroatoms. The maximum atomic E-state index is 10.5. The Labute approximate surface area is 98.7 Å². The van der Waals surface area contributed by atoms with Gasteiger partial charge in [0.1, 0.15) is 6.29 Å². The number of carbonyl (C=O) groups excluding carboxylic acids is 1. The van der Waals surface area contributed by atoms with Gasteiger partial charge in [-0.05, 0) is 12.1 Å². The van der Waals surface area contributed by atoms with Gasteiger partial charge in [0.05, 0.1) is 11.1 Å². The number of aldehydes is 1. The molecule has 0 aromatic heterocycles. The highest BCUT2D eigenvalue weighted by Gasteiger charge is 2.13. The van der Waals surface area contributed by atoms with Crippen molar-refractivity contribution >= 4 is 18.2 Å². The summed E-state index contributed by atoms with van der Waals surface area (Å²) >= 11 is 0. The number of carboxylic acid groups (broad SMARTS) is 2. The Morgan fingerprint density at radius 3 is 1.53 bits per heavy atom. The number of carbonyl (C=O) groups is 3. The summed E-state index contributed by atoms with van der Waals surface area (Å²) in [5.41, 5.74) is -0.380. The Bertz CT molecular complexity index is 376. The van der Waals surface area contributed by atoms with E-state index in [0.717, 1.165) is 6.29 Å². The van der Waals surface area contributed by atoms with E-state index in [1.54, 1.807) is 0 Å². The van der Waals surface area contributed by atoms with Crippen molar-refractivity contribution in [2.75, 3.05) is 0 Å². The highest BCUT2D eigenvalue weighted by atomic mass is 16.4. The summed E-state index contributed by atoms with van der Waals surface area (Å²) in [5.74, 6) is -2.25. The molecule has 92 valence electrons. The lowest BCUT2D eigenvalue weighted by molar-refractivity contribution is -0.110. The Morgan fingerprint density at radius 1 is 1.06 bits per heavy atom. The van der Waals surface area contributed by atoms with E-state index in [4.69, 9.17) is 10.2 Å². The van der Waals surface area contributed by atoms with Gasteiger partial charge in [-0.3, -0.25) is 0 Å². The lowest BCUT2D eigenvalue weighted by Crippen LogP contribution is -2.06. The summed E-state index contributed by atoms with van der Waals surface area (Å²) in [6.45, 7) is 3.71. The standard InChI is InChI=1S/C8H6O4.C4H8O/c9-7(10)5-3-1-2-4-6(5)8(11)12;1-4(2)3-5/h1-4H,(H,9,10)(H,11,12);3-4H,1-2H3. The van der Waals surface area contributed by atoms with Gasteiger partial charge in [-0.25, -0.2) is 9.59 Å². The predicted molar refractivity (Wildman–Crippen MR) is 61.3 cm³/mol. The van der Waals surface area contributed by atoms with Crippen molar-refractivity contribution < 1.29 is 24.6 Å². The first-order valence-corrected chi connectivity index (χ1v) is 4.91. The third kappa shape index (κ3) is 5.46. The first-order valence-electron chi connectivity index (χ1n) is 4.91. The van der Waals surface area contributed by atoms with E-state index in [9.17, 15) is 14.4 Å². The van der Waals surface area contributed by atoms with Crippen LogP contribution in [0.4, 0.5) is 0 Å². The SMILES string of the molecule is CC(C)C=O.O=C(O)c1ccccc1C(=O)O. The van der Waals surface area contributed by atoms with Crippen molar-refractivity contribution in [3.8, 4) is 0 Å². The van der Waals surface area contributed by atoms with Gasteiger partial charge in [0.15, 0.2) is 0 Å².